The summed E-state index contributed by atoms with van der Waals surface area (Å²) in [7, 11) is -3.37. The Bertz CT molecular complexity index is 11.6. The molecule has 0 bridgehead atoms. The molecule has 0 N–H and O–H groups in total. The summed E-state index contributed by atoms with van der Waals surface area (Å²) in [5.41, 5.74) is 0. The molecule has 0 rings (SSSR count). The molecule has 0 heterocycles. The van der Waals surface area contributed by atoms with Gasteiger partial charge in [0, 0.05) is 0 Å². The van der Waals surface area contributed by atoms with Gasteiger partial charge in [0.25, 0.3) is 0 Å². The number of rotatable bonds is 0. The third-order valence-electron chi connectivity index (χ3n) is 0. The first kappa shape index (κ1) is 9.74. The van der Waals surface area contributed by atoms with Gasteiger partial charge in [-0.1, -0.05) is 0 Å². The standard InChI is InChI=1S/Lu.O3P/c;1-4(2)3/q+3;-3. The quantitative estimate of drug-likeness (QED) is 0.441. The van der Waals surface area contributed by atoms with E-state index in [0.717, 1.165) is 0 Å². The van der Waals surface area contributed by atoms with Crippen molar-refractivity contribution in [3.63, 3.8) is 0 Å². The van der Waals surface area contributed by atoms with Gasteiger partial charge in [-0.25, -0.2) is 0 Å². The molecule has 0 spiro atoms. The normalized spacial score (nSPS) is 7.20. The summed E-state index contributed by atoms with van der Waals surface area (Å²) >= 11 is 0. The van der Waals surface area contributed by atoms with Crippen LogP contribution in [0, 0.1) is 36.9 Å². The monoisotopic (exact) mass is 254 g/mol. The van der Waals surface area contributed by atoms with Gasteiger partial charge in [-0.05, 0) is 0 Å². The average molecular weight is 254 g/mol. The first-order valence-electron chi connectivity index (χ1n) is 0.548. The van der Waals surface area contributed by atoms with Crippen molar-refractivity contribution in [2.45, 2.75) is 0 Å². The van der Waals surface area contributed by atoms with E-state index in [1.807, 2.05) is 0 Å². The number of hydrogen-bond donors (Lipinski definition) is 0. The van der Waals surface area contributed by atoms with Gasteiger partial charge in [-0.2, -0.15) is 0 Å². The molecule has 38 valence electrons. The molecule has 0 atom stereocenters. The smallest absolute Gasteiger partial charge is 0.854 e. The van der Waals surface area contributed by atoms with Crippen LogP contribution in [0.5, 0.6) is 0 Å². The summed E-state index contributed by atoms with van der Waals surface area (Å²) in [4.78, 5) is 25.4. The molecule has 0 fully saturated rings. The minimum absolute atomic E-state index is 0. The molecule has 0 amide bonds. The topological polar surface area (TPSA) is 69.2 Å². The fourth-order valence-electron chi connectivity index (χ4n) is 0. The maximum absolute atomic E-state index is 8.48. The second-order valence-electron chi connectivity index (χ2n) is 0.224. The van der Waals surface area contributed by atoms with E-state index < -0.39 is 8.60 Å². The van der Waals surface area contributed by atoms with Gasteiger partial charge in [-0.3, -0.25) is 0 Å². The molecule has 0 aliphatic rings. The zero-order valence-electron chi connectivity index (χ0n) is 1.93. The Balaban J connectivity index is 0. The van der Waals surface area contributed by atoms with E-state index in [-0.39, 0.29) is 36.9 Å². The van der Waals surface area contributed by atoms with Crippen LogP contribution in [0.1, 0.15) is 0 Å². The van der Waals surface area contributed by atoms with Crippen LogP contribution in [0.25, 0.3) is 0 Å². The first-order valence-corrected chi connectivity index (χ1v) is 1.64. The van der Waals surface area contributed by atoms with Crippen LogP contribution in [0.3, 0.4) is 0 Å². The van der Waals surface area contributed by atoms with Gasteiger partial charge < -0.3 is 23.3 Å². The minimum atomic E-state index is -3.37. The Hall–Kier alpha value is 1.54. The third-order valence-corrected chi connectivity index (χ3v) is 0. The van der Waals surface area contributed by atoms with Crippen LogP contribution in [0.4, 0.5) is 0 Å². The zero-order valence-corrected chi connectivity index (χ0v) is 4.48. The molecule has 5 heteroatoms. The third kappa shape index (κ3) is 29.2. The van der Waals surface area contributed by atoms with Gasteiger partial charge >= 0.3 is 36.9 Å². The van der Waals surface area contributed by atoms with Crippen molar-refractivity contribution in [1.29, 1.82) is 0 Å². The maximum atomic E-state index is 8.48. The zero-order chi connectivity index (χ0) is 3.58. The van der Waals surface area contributed by atoms with Crippen molar-refractivity contribution >= 4 is 8.60 Å². The molecule has 0 saturated carbocycles. The summed E-state index contributed by atoms with van der Waals surface area (Å²) in [5, 5.41) is 0. The molecule has 0 aromatic heterocycles. The van der Waals surface area contributed by atoms with Gasteiger partial charge in [-0.15, -0.1) is 0 Å². The molecular weight excluding hydrogens is 254 g/mol. The van der Waals surface area contributed by atoms with Crippen LogP contribution < -0.4 is 14.7 Å². The summed E-state index contributed by atoms with van der Waals surface area (Å²) in [6.45, 7) is 0. The minimum Gasteiger partial charge on any atom is -0.854 e. The van der Waals surface area contributed by atoms with E-state index in [9.17, 15) is 0 Å². The largest absolute Gasteiger partial charge is 3.00 e. The fourth-order valence-corrected chi connectivity index (χ4v) is 0. The van der Waals surface area contributed by atoms with Gasteiger partial charge in [0.2, 0.25) is 0 Å². The molecular formula is LuO3P. The van der Waals surface area contributed by atoms with Crippen molar-refractivity contribution in [1.82, 2.24) is 0 Å². The van der Waals surface area contributed by atoms with E-state index in [0.29, 0.717) is 0 Å². The van der Waals surface area contributed by atoms with Crippen LogP contribution in [-0.4, -0.2) is 0 Å². The van der Waals surface area contributed by atoms with Crippen molar-refractivity contribution in [2.75, 3.05) is 0 Å². The second-order valence-corrected chi connectivity index (χ2v) is 0.671. The molecule has 3 nitrogen and oxygen atoms in total. The van der Waals surface area contributed by atoms with Crippen LogP contribution in [0.2, 0.25) is 0 Å². The molecule has 0 aliphatic carbocycles. The molecule has 0 saturated heterocycles. The van der Waals surface area contributed by atoms with Crippen molar-refractivity contribution < 1.29 is 51.6 Å². The second kappa shape index (κ2) is 5.54. The summed E-state index contributed by atoms with van der Waals surface area (Å²) < 4.78 is 0. The Morgan fingerprint density at radius 2 is 1.00 bits per heavy atom. The molecule has 0 radical (unpaired) electrons. The summed E-state index contributed by atoms with van der Waals surface area (Å²) in [5.74, 6) is 0. The van der Waals surface area contributed by atoms with E-state index in [1.54, 1.807) is 0 Å². The van der Waals surface area contributed by atoms with E-state index in [1.165, 1.54) is 0 Å². The predicted octanol–water partition coefficient (Wildman–Crippen LogP) is -2.71. The Kier molecular flexibility index (Phi) is 10.8. The van der Waals surface area contributed by atoms with Crippen molar-refractivity contribution in [3.8, 4) is 0 Å². The predicted molar refractivity (Wildman–Crippen MR) is 6.92 cm³/mol. The van der Waals surface area contributed by atoms with Gasteiger partial charge in [0.1, 0.15) is 0 Å². The molecule has 0 unspecified atom stereocenters. The van der Waals surface area contributed by atoms with Gasteiger partial charge in [0.05, 0.1) is 0 Å². The Labute approximate surface area is 59.8 Å². The molecule has 0 aliphatic heterocycles. The Morgan fingerprint density at radius 3 is 1.00 bits per heavy atom. The van der Waals surface area contributed by atoms with Crippen LogP contribution in [0.15, 0.2) is 0 Å². The molecule has 0 aromatic rings. The summed E-state index contributed by atoms with van der Waals surface area (Å²) in [6.07, 6.45) is 0. The van der Waals surface area contributed by atoms with Gasteiger partial charge in [0.15, 0.2) is 0 Å². The Morgan fingerprint density at radius 1 is 1.00 bits per heavy atom. The maximum Gasteiger partial charge on any atom is 3.00 e. The van der Waals surface area contributed by atoms with Crippen LogP contribution in [-0.2, 0) is 0 Å². The van der Waals surface area contributed by atoms with E-state index in [4.69, 9.17) is 14.7 Å². The van der Waals surface area contributed by atoms with Crippen molar-refractivity contribution in [3.05, 3.63) is 0 Å². The van der Waals surface area contributed by atoms with E-state index >= 15 is 0 Å². The number of hydrogen-bond acceptors (Lipinski definition) is 3. The molecule has 5 heavy (non-hydrogen) atoms. The first-order chi connectivity index (χ1) is 1.73. The fraction of sp³-hybridized carbons (Fsp3) is 0. The summed E-state index contributed by atoms with van der Waals surface area (Å²) in [6, 6.07) is 0. The average Bonchev–Trinajstić information content (AvgIpc) is 0.811. The van der Waals surface area contributed by atoms with Crippen molar-refractivity contribution in [2.24, 2.45) is 0 Å². The van der Waals surface area contributed by atoms with Crippen LogP contribution >= 0.6 is 8.60 Å². The van der Waals surface area contributed by atoms with E-state index in [2.05, 4.69) is 0 Å². The molecule has 0 aromatic carbocycles. The SMILES string of the molecule is [Lu+3].[O-]P([O-])[O-].